The molecule has 3 rings (SSSR count). The van der Waals surface area contributed by atoms with Gasteiger partial charge in [-0.3, -0.25) is 4.79 Å². The van der Waals surface area contributed by atoms with Gasteiger partial charge >= 0.3 is 5.97 Å². The molecule has 5 heteroatoms. The summed E-state index contributed by atoms with van der Waals surface area (Å²) in [6.07, 6.45) is 2.41. The fourth-order valence-corrected chi connectivity index (χ4v) is 2.80. The summed E-state index contributed by atoms with van der Waals surface area (Å²) in [5.41, 5.74) is 3.19. The fraction of sp³-hybridized carbons (Fsp3) is 0.120. The fourth-order valence-electron chi connectivity index (χ4n) is 2.80. The predicted molar refractivity (Wildman–Crippen MR) is 116 cm³/mol. The van der Waals surface area contributed by atoms with Crippen LogP contribution in [0.5, 0.6) is 5.75 Å². The van der Waals surface area contributed by atoms with Gasteiger partial charge in [-0.2, -0.15) is 0 Å². The maximum Gasteiger partial charge on any atom is 0.352 e. The number of nitrogens with one attached hydrogen (secondary N) is 1. The minimum Gasteiger partial charge on any atom is -0.489 e. The molecule has 0 aliphatic rings. The van der Waals surface area contributed by atoms with Crippen LogP contribution in [0.25, 0.3) is 6.08 Å². The van der Waals surface area contributed by atoms with Crippen molar-refractivity contribution in [1.82, 2.24) is 5.32 Å². The monoisotopic (exact) mass is 401 g/mol. The molecule has 0 heterocycles. The molecule has 2 N–H and O–H groups in total. The summed E-state index contributed by atoms with van der Waals surface area (Å²) in [5, 5.41) is 11.9. The van der Waals surface area contributed by atoms with E-state index in [0.717, 1.165) is 12.0 Å². The Labute approximate surface area is 175 Å². The molecule has 30 heavy (non-hydrogen) atoms. The number of hydrogen-bond acceptors (Lipinski definition) is 3. The van der Waals surface area contributed by atoms with Crippen LogP contribution in [0.1, 0.15) is 34.0 Å². The van der Waals surface area contributed by atoms with Crippen molar-refractivity contribution < 1.29 is 19.4 Å². The zero-order valence-corrected chi connectivity index (χ0v) is 16.7. The molecular weight excluding hydrogens is 378 g/mol. The molecule has 0 saturated carbocycles. The van der Waals surface area contributed by atoms with E-state index in [-0.39, 0.29) is 5.70 Å². The first kappa shape index (κ1) is 20.9. The molecule has 3 aromatic carbocycles. The van der Waals surface area contributed by atoms with Crippen molar-refractivity contribution in [3.63, 3.8) is 0 Å². The number of carboxylic acid groups (broad SMARTS) is 1. The Morgan fingerprint density at radius 2 is 1.53 bits per heavy atom. The standard InChI is InChI=1S/C25H23NO4/c1-2-18-8-10-20(11-9-18)17-30-22-14-12-19(13-15-22)16-23(25(28)29)26-24(27)21-6-4-3-5-7-21/h3-16H,2,17H2,1H3,(H,26,27)(H,28,29)/b23-16-. The quantitative estimate of drug-likeness (QED) is 0.537. The van der Waals surface area contributed by atoms with Crippen LogP contribution in [-0.2, 0) is 17.8 Å². The molecule has 0 atom stereocenters. The minimum absolute atomic E-state index is 0.200. The Balaban J connectivity index is 1.64. The zero-order chi connectivity index (χ0) is 21.3. The number of ether oxygens (including phenoxy) is 1. The third kappa shape index (κ3) is 5.82. The van der Waals surface area contributed by atoms with E-state index in [0.29, 0.717) is 23.5 Å². The van der Waals surface area contributed by atoms with E-state index >= 15 is 0 Å². The van der Waals surface area contributed by atoms with Gasteiger partial charge in [-0.1, -0.05) is 61.5 Å². The maximum absolute atomic E-state index is 12.2. The highest BCUT2D eigenvalue weighted by atomic mass is 16.5. The number of aliphatic carboxylic acids is 1. The van der Waals surface area contributed by atoms with Crippen molar-refractivity contribution in [3.05, 3.63) is 107 Å². The molecule has 0 bridgehead atoms. The second-order valence-electron chi connectivity index (χ2n) is 6.71. The Kier molecular flexibility index (Phi) is 7.00. The molecule has 0 unspecified atom stereocenters. The van der Waals surface area contributed by atoms with Gasteiger partial charge in [0.05, 0.1) is 0 Å². The van der Waals surface area contributed by atoms with E-state index in [1.165, 1.54) is 11.6 Å². The zero-order valence-electron chi connectivity index (χ0n) is 16.7. The molecule has 152 valence electrons. The van der Waals surface area contributed by atoms with Crippen molar-refractivity contribution in [2.45, 2.75) is 20.0 Å². The highest BCUT2D eigenvalue weighted by molar-refractivity contribution is 6.02. The normalized spacial score (nSPS) is 11.0. The summed E-state index contributed by atoms with van der Waals surface area (Å²) in [6, 6.07) is 23.8. The Morgan fingerprint density at radius 3 is 2.13 bits per heavy atom. The highest BCUT2D eigenvalue weighted by Gasteiger charge is 2.13. The van der Waals surface area contributed by atoms with Gasteiger partial charge in [-0.25, -0.2) is 4.79 Å². The van der Waals surface area contributed by atoms with Gasteiger partial charge < -0.3 is 15.2 Å². The van der Waals surface area contributed by atoms with Crippen LogP contribution in [0.4, 0.5) is 0 Å². The first-order valence-electron chi connectivity index (χ1n) is 9.67. The van der Waals surface area contributed by atoms with Crippen LogP contribution in [0, 0.1) is 0 Å². The second-order valence-corrected chi connectivity index (χ2v) is 6.71. The van der Waals surface area contributed by atoms with Gasteiger partial charge in [0.2, 0.25) is 0 Å². The lowest BCUT2D eigenvalue weighted by molar-refractivity contribution is -0.132. The molecule has 0 aliphatic heterocycles. The lowest BCUT2D eigenvalue weighted by atomic mass is 10.1. The SMILES string of the molecule is CCc1ccc(COc2ccc(/C=C(\NC(=O)c3ccccc3)C(=O)O)cc2)cc1. The molecule has 0 saturated heterocycles. The molecule has 0 spiro atoms. The summed E-state index contributed by atoms with van der Waals surface area (Å²) < 4.78 is 5.79. The topological polar surface area (TPSA) is 75.6 Å². The lowest BCUT2D eigenvalue weighted by Crippen LogP contribution is -2.27. The lowest BCUT2D eigenvalue weighted by Gasteiger charge is -2.08. The third-order valence-corrected chi connectivity index (χ3v) is 4.54. The molecule has 0 fully saturated rings. The van der Waals surface area contributed by atoms with Crippen molar-refractivity contribution in [1.29, 1.82) is 0 Å². The van der Waals surface area contributed by atoms with Crippen LogP contribution in [-0.4, -0.2) is 17.0 Å². The molecule has 3 aromatic rings. The second kappa shape index (κ2) is 10.1. The van der Waals surface area contributed by atoms with Gasteiger partial charge in [0, 0.05) is 5.56 Å². The van der Waals surface area contributed by atoms with E-state index in [4.69, 9.17) is 4.74 Å². The number of carbonyl (C=O) groups excluding carboxylic acids is 1. The van der Waals surface area contributed by atoms with Crippen LogP contribution in [0.3, 0.4) is 0 Å². The molecule has 1 amide bonds. The Hall–Kier alpha value is -3.86. The number of carboxylic acids is 1. The highest BCUT2D eigenvalue weighted by Crippen LogP contribution is 2.16. The van der Waals surface area contributed by atoms with Gasteiger partial charge in [0.15, 0.2) is 0 Å². The van der Waals surface area contributed by atoms with Crippen LogP contribution < -0.4 is 10.1 Å². The van der Waals surface area contributed by atoms with Crippen molar-refractivity contribution in [2.24, 2.45) is 0 Å². The molecule has 0 radical (unpaired) electrons. The average Bonchev–Trinajstić information content (AvgIpc) is 2.79. The summed E-state index contributed by atoms with van der Waals surface area (Å²) in [5.74, 6) is -1.01. The van der Waals surface area contributed by atoms with Crippen LogP contribution in [0.2, 0.25) is 0 Å². The molecule has 0 aromatic heterocycles. The molecular formula is C25H23NO4. The number of aryl methyl sites for hydroxylation is 1. The third-order valence-electron chi connectivity index (χ3n) is 4.54. The van der Waals surface area contributed by atoms with Crippen LogP contribution >= 0.6 is 0 Å². The number of rotatable bonds is 8. The largest absolute Gasteiger partial charge is 0.489 e. The minimum atomic E-state index is -1.21. The average molecular weight is 401 g/mol. The summed E-state index contributed by atoms with van der Waals surface area (Å²) in [7, 11) is 0. The van der Waals surface area contributed by atoms with E-state index in [9.17, 15) is 14.7 Å². The first-order valence-corrected chi connectivity index (χ1v) is 9.67. The summed E-state index contributed by atoms with van der Waals surface area (Å²) in [4.78, 5) is 23.8. The molecule has 5 nitrogen and oxygen atoms in total. The van der Waals surface area contributed by atoms with Gasteiger partial charge in [0.25, 0.3) is 5.91 Å². The van der Waals surface area contributed by atoms with Crippen molar-refractivity contribution >= 4 is 18.0 Å². The first-order chi connectivity index (χ1) is 14.5. The Bertz CT molecular complexity index is 1020. The van der Waals surface area contributed by atoms with Crippen molar-refractivity contribution in [3.8, 4) is 5.75 Å². The van der Waals surface area contributed by atoms with Crippen molar-refractivity contribution in [2.75, 3.05) is 0 Å². The van der Waals surface area contributed by atoms with Crippen LogP contribution in [0.15, 0.2) is 84.6 Å². The van der Waals surface area contributed by atoms with Gasteiger partial charge in [-0.15, -0.1) is 0 Å². The number of hydrogen-bond donors (Lipinski definition) is 2. The number of benzene rings is 3. The smallest absolute Gasteiger partial charge is 0.352 e. The van der Waals surface area contributed by atoms with E-state index in [1.54, 1.807) is 54.6 Å². The summed E-state index contributed by atoms with van der Waals surface area (Å²) in [6.45, 7) is 2.57. The number of amides is 1. The van der Waals surface area contributed by atoms with E-state index in [2.05, 4.69) is 24.4 Å². The van der Waals surface area contributed by atoms with E-state index < -0.39 is 11.9 Å². The maximum atomic E-state index is 12.2. The predicted octanol–water partition coefficient (Wildman–Crippen LogP) is 4.68. The van der Waals surface area contributed by atoms with Gasteiger partial charge in [0.1, 0.15) is 18.1 Å². The molecule has 0 aliphatic carbocycles. The Morgan fingerprint density at radius 1 is 0.900 bits per heavy atom. The number of carbonyl (C=O) groups is 2. The van der Waals surface area contributed by atoms with E-state index in [1.807, 2.05) is 12.1 Å². The van der Waals surface area contributed by atoms with Gasteiger partial charge in [-0.05, 0) is 53.5 Å². The summed E-state index contributed by atoms with van der Waals surface area (Å²) >= 11 is 0.